The van der Waals surface area contributed by atoms with Crippen LogP contribution in [0, 0.1) is 5.41 Å². The maximum absolute atomic E-state index is 11.0. The van der Waals surface area contributed by atoms with Crippen molar-refractivity contribution in [1.82, 2.24) is 0 Å². The topological polar surface area (TPSA) is 68.6 Å². The normalized spacial score (nSPS) is 9.47. The molecule has 0 atom stereocenters. The van der Waals surface area contributed by atoms with Crippen molar-refractivity contribution in [2.75, 3.05) is 13.2 Å². The average molecular weight is 490 g/mol. The highest BCUT2D eigenvalue weighted by Gasteiger charge is 2.03. The van der Waals surface area contributed by atoms with Gasteiger partial charge in [0.05, 0.1) is 13.2 Å². The molecule has 0 bridgehead atoms. The van der Waals surface area contributed by atoms with Crippen LogP contribution in [-0.2, 0) is 16.1 Å². The summed E-state index contributed by atoms with van der Waals surface area (Å²) in [5.74, 6) is 1.11. The maximum atomic E-state index is 11.0. The Morgan fingerprint density at radius 1 is 0.833 bits per heavy atom. The molecule has 0 saturated heterocycles. The first-order valence-electron chi connectivity index (χ1n) is 12.4. The van der Waals surface area contributed by atoms with Gasteiger partial charge in [0.25, 0.3) is 0 Å². The van der Waals surface area contributed by atoms with Crippen molar-refractivity contribution in [2.24, 2.45) is 0 Å². The molecule has 1 N–H and O–H groups in total. The van der Waals surface area contributed by atoms with Gasteiger partial charge < -0.3 is 19.6 Å². The summed E-state index contributed by atoms with van der Waals surface area (Å²) in [5, 5.41) is 7.74. The molecular weight excluding hydrogens is 450 g/mol. The van der Waals surface area contributed by atoms with Crippen molar-refractivity contribution in [3.05, 3.63) is 96.6 Å². The Balaban J connectivity index is 0.00000154. The minimum Gasteiger partial charge on any atom is -0.493 e. The summed E-state index contributed by atoms with van der Waals surface area (Å²) in [6.45, 7) is 14.4. The van der Waals surface area contributed by atoms with Crippen LogP contribution >= 0.6 is 0 Å². The summed E-state index contributed by atoms with van der Waals surface area (Å²) in [5.41, 5.74) is 4.66. The third-order valence-electron chi connectivity index (χ3n) is 4.78. The lowest BCUT2D eigenvalue weighted by Gasteiger charge is -2.10. The largest absolute Gasteiger partial charge is 0.493 e. The van der Waals surface area contributed by atoms with Gasteiger partial charge in [-0.3, -0.25) is 0 Å². The number of carbonyl (C=O) groups excluding carboxylic acids is 1. The molecule has 0 unspecified atom stereocenters. The van der Waals surface area contributed by atoms with Gasteiger partial charge in [0, 0.05) is 18.2 Å². The molecule has 36 heavy (non-hydrogen) atoms. The minimum atomic E-state index is -0.418. The molecule has 3 aromatic rings. The first-order valence-corrected chi connectivity index (χ1v) is 12.4. The fraction of sp³-hybridized carbons (Fsp3) is 0.290. The second-order valence-electron chi connectivity index (χ2n) is 7.24. The van der Waals surface area contributed by atoms with Crippen LogP contribution in [0.25, 0.3) is 11.1 Å². The standard InChI is InChI=1S/C27H27NO4.2C2H6/c1-3-27(29)31-17-5-16-30-25-14-12-23(13-15-25)22-10-8-21(9-11-22)19-32-26-7-4-6-24(18-26)20(2)28;2*1-2/h3-4,6-15,18,28H,1,5,16-17,19H2,2H3;2*1-2H3. The SMILES string of the molecule is C=CC(=O)OCCCOc1ccc(-c2ccc(COc3cccc(C(C)=N)c3)cc2)cc1.CC.CC. The molecule has 3 aromatic carbocycles. The van der Waals surface area contributed by atoms with Gasteiger partial charge in [0.2, 0.25) is 0 Å². The Morgan fingerprint density at radius 2 is 1.44 bits per heavy atom. The van der Waals surface area contributed by atoms with Crippen LogP contribution in [0.2, 0.25) is 0 Å². The molecule has 0 aliphatic heterocycles. The van der Waals surface area contributed by atoms with Crippen LogP contribution in [0.5, 0.6) is 11.5 Å². The fourth-order valence-electron chi connectivity index (χ4n) is 3.00. The molecule has 0 radical (unpaired) electrons. The highest BCUT2D eigenvalue weighted by molar-refractivity contribution is 5.96. The number of benzene rings is 3. The van der Waals surface area contributed by atoms with E-state index in [1.54, 1.807) is 6.92 Å². The quantitative estimate of drug-likeness (QED) is 0.129. The number of esters is 1. The van der Waals surface area contributed by atoms with E-state index in [0.717, 1.165) is 39.8 Å². The number of ether oxygens (including phenoxy) is 3. The predicted octanol–water partition coefficient (Wildman–Crippen LogP) is 7.87. The molecule has 192 valence electrons. The van der Waals surface area contributed by atoms with Crippen LogP contribution < -0.4 is 9.47 Å². The smallest absolute Gasteiger partial charge is 0.330 e. The van der Waals surface area contributed by atoms with E-state index in [1.807, 2.05) is 76.2 Å². The van der Waals surface area contributed by atoms with E-state index < -0.39 is 5.97 Å². The van der Waals surface area contributed by atoms with Crippen LogP contribution in [0.3, 0.4) is 0 Å². The van der Waals surface area contributed by atoms with E-state index in [9.17, 15) is 4.79 Å². The lowest BCUT2D eigenvalue weighted by Crippen LogP contribution is -2.06. The van der Waals surface area contributed by atoms with Crippen LogP contribution in [0.1, 0.15) is 52.2 Å². The number of hydrogen-bond acceptors (Lipinski definition) is 5. The summed E-state index contributed by atoms with van der Waals surface area (Å²) in [6.07, 6.45) is 1.77. The first kappa shape index (κ1) is 30.2. The van der Waals surface area contributed by atoms with Gasteiger partial charge >= 0.3 is 5.97 Å². The third kappa shape index (κ3) is 10.6. The second kappa shape index (κ2) is 17.6. The molecule has 0 amide bonds. The van der Waals surface area contributed by atoms with Crippen molar-refractivity contribution in [3.63, 3.8) is 0 Å². The fourth-order valence-corrected chi connectivity index (χ4v) is 3.00. The summed E-state index contributed by atoms with van der Waals surface area (Å²) in [6, 6.07) is 23.7. The van der Waals surface area contributed by atoms with Crippen molar-refractivity contribution in [1.29, 1.82) is 5.41 Å². The lowest BCUT2D eigenvalue weighted by atomic mass is 10.0. The lowest BCUT2D eigenvalue weighted by molar-refractivity contribution is -0.137. The van der Waals surface area contributed by atoms with Gasteiger partial charge in [-0.05, 0) is 53.4 Å². The molecular formula is C31H39NO4. The minimum absolute atomic E-state index is 0.312. The van der Waals surface area contributed by atoms with Gasteiger partial charge in [-0.1, -0.05) is 82.8 Å². The van der Waals surface area contributed by atoms with E-state index in [4.69, 9.17) is 19.6 Å². The number of nitrogens with one attached hydrogen (secondary N) is 1. The Hall–Kier alpha value is -3.86. The Morgan fingerprint density at radius 3 is 2.03 bits per heavy atom. The second-order valence-corrected chi connectivity index (χ2v) is 7.24. The van der Waals surface area contributed by atoms with Crippen LogP contribution in [0.15, 0.2) is 85.5 Å². The van der Waals surface area contributed by atoms with Crippen molar-refractivity contribution < 1.29 is 19.0 Å². The number of hydrogen-bond donors (Lipinski definition) is 1. The summed E-state index contributed by atoms with van der Waals surface area (Å²) in [4.78, 5) is 11.0. The van der Waals surface area contributed by atoms with Crippen molar-refractivity contribution in [2.45, 2.75) is 47.6 Å². The molecule has 0 aromatic heterocycles. The van der Waals surface area contributed by atoms with Crippen molar-refractivity contribution in [3.8, 4) is 22.6 Å². The molecule has 0 aliphatic rings. The van der Waals surface area contributed by atoms with E-state index in [1.165, 1.54) is 0 Å². The van der Waals surface area contributed by atoms with E-state index >= 15 is 0 Å². The first-order chi connectivity index (χ1) is 17.5. The highest BCUT2D eigenvalue weighted by Crippen LogP contribution is 2.23. The van der Waals surface area contributed by atoms with Gasteiger partial charge in [-0.15, -0.1) is 0 Å². The Labute approximate surface area is 216 Å². The molecule has 0 heterocycles. The van der Waals surface area contributed by atoms with Gasteiger partial charge in [0.1, 0.15) is 18.1 Å². The van der Waals surface area contributed by atoms with Crippen LogP contribution in [-0.4, -0.2) is 24.9 Å². The summed E-state index contributed by atoms with van der Waals surface area (Å²) >= 11 is 0. The molecule has 0 spiro atoms. The van der Waals surface area contributed by atoms with Gasteiger partial charge in [-0.2, -0.15) is 0 Å². The van der Waals surface area contributed by atoms with E-state index in [-0.39, 0.29) is 0 Å². The van der Waals surface area contributed by atoms with Gasteiger partial charge in [-0.25, -0.2) is 4.79 Å². The molecule has 3 rings (SSSR count). The number of carbonyl (C=O) groups is 1. The summed E-state index contributed by atoms with van der Waals surface area (Å²) in [7, 11) is 0. The molecule has 0 aliphatic carbocycles. The highest BCUT2D eigenvalue weighted by atomic mass is 16.5. The number of rotatable bonds is 11. The maximum Gasteiger partial charge on any atom is 0.330 e. The molecule has 5 nitrogen and oxygen atoms in total. The van der Waals surface area contributed by atoms with Crippen LogP contribution in [0.4, 0.5) is 0 Å². The van der Waals surface area contributed by atoms with E-state index in [2.05, 4.69) is 30.8 Å². The zero-order valence-electron chi connectivity index (χ0n) is 22.2. The monoisotopic (exact) mass is 489 g/mol. The van der Waals surface area contributed by atoms with Crippen molar-refractivity contribution >= 4 is 11.7 Å². The molecule has 0 saturated carbocycles. The Kier molecular flexibility index (Phi) is 14.7. The van der Waals surface area contributed by atoms with E-state index in [0.29, 0.717) is 32.0 Å². The molecule has 5 heteroatoms. The zero-order chi connectivity index (χ0) is 26.8. The Bertz CT molecular complexity index is 1060. The molecule has 0 fully saturated rings. The average Bonchev–Trinajstić information content (AvgIpc) is 2.94. The summed E-state index contributed by atoms with van der Waals surface area (Å²) < 4.78 is 16.5. The van der Waals surface area contributed by atoms with Gasteiger partial charge in [0.15, 0.2) is 0 Å². The zero-order valence-corrected chi connectivity index (χ0v) is 22.2. The third-order valence-corrected chi connectivity index (χ3v) is 4.78. The predicted molar refractivity (Wildman–Crippen MR) is 149 cm³/mol.